The lowest BCUT2D eigenvalue weighted by molar-refractivity contribution is 0.0817. The fourth-order valence-corrected chi connectivity index (χ4v) is 1.98. The van der Waals surface area contributed by atoms with Gasteiger partial charge in [-0.05, 0) is 44.5 Å². The highest BCUT2D eigenvalue weighted by Crippen LogP contribution is 2.17. The number of aryl methyl sites for hydroxylation is 2. The van der Waals surface area contributed by atoms with Gasteiger partial charge in [-0.2, -0.15) is 0 Å². The third-order valence-corrected chi connectivity index (χ3v) is 3.08. The fourth-order valence-electron chi connectivity index (χ4n) is 1.98. The second kappa shape index (κ2) is 5.70. The summed E-state index contributed by atoms with van der Waals surface area (Å²) in [4.78, 5) is 12.4. The minimum absolute atomic E-state index is 0.0186. The molecule has 1 unspecified atom stereocenters. The molecule has 0 saturated carbocycles. The summed E-state index contributed by atoms with van der Waals surface area (Å²) in [5, 5.41) is 0. The molecule has 0 N–H and O–H groups in total. The van der Waals surface area contributed by atoms with Crippen LogP contribution >= 0.6 is 0 Å². The van der Waals surface area contributed by atoms with E-state index in [1.807, 2.05) is 62.4 Å². The molecule has 2 aromatic rings. The molecule has 0 bridgehead atoms. The molecule has 98 valence electrons. The Hall–Kier alpha value is -2.09. The van der Waals surface area contributed by atoms with Crippen LogP contribution in [0.5, 0.6) is 5.75 Å². The van der Waals surface area contributed by atoms with E-state index in [-0.39, 0.29) is 5.78 Å². The van der Waals surface area contributed by atoms with Gasteiger partial charge in [-0.25, -0.2) is 0 Å². The number of carbonyl (C=O) groups is 1. The monoisotopic (exact) mass is 254 g/mol. The normalized spacial score (nSPS) is 11.9. The number of carbonyl (C=O) groups excluding carboxylic acids is 1. The SMILES string of the molecule is Cc1ccc(C)c(C(=O)C(C)Oc2ccccc2)c1. The maximum absolute atomic E-state index is 12.4. The van der Waals surface area contributed by atoms with Crippen LogP contribution < -0.4 is 4.74 Å². The lowest BCUT2D eigenvalue weighted by atomic mass is 9.99. The number of Topliss-reactive ketones (excluding diaryl/α,β-unsaturated/α-hetero) is 1. The third-order valence-electron chi connectivity index (χ3n) is 3.08. The Bertz CT molecular complexity index is 573. The van der Waals surface area contributed by atoms with Crippen LogP contribution in [0.3, 0.4) is 0 Å². The van der Waals surface area contributed by atoms with E-state index in [9.17, 15) is 4.79 Å². The van der Waals surface area contributed by atoms with Crippen LogP contribution in [0.2, 0.25) is 0 Å². The molecular formula is C17H18O2. The van der Waals surface area contributed by atoms with E-state index in [2.05, 4.69) is 0 Å². The van der Waals surface area contributed by atoms with Crippen molar-refractivity contribution in [3.05, 3.63) is 65.2 Å². The third kappa shape index (κ3) is 3.22. The zero-order valence-corrected chi connectivity index (χ0v) is 11.5. The van der Waals surface area contributed by atoms with Gasteiger partial charge in [0.2, 0.25) is 5.78 Å². The summed E-state index contributed by atoms with van der Waals surface area (Å²) in [6.45, 7) is 5.72. The van der Waals surface area contributed by atoms with E-state index in [0.29, 0.717) is 5.75 Å². The highest BCUT2D eigenvalue weighted by atomic mass is 16.5. The van der Waals surface area contributed by atoms with Crippen molar-refractivity contribution < 1.29 is 9.53 Å². The number of ketones is 1. The molecule has 0 spiro atoms. The van der Waals surface area contributed by atoms with Crippen molar-refractivity contribution in [1.82, 2.24) is 0 Å². The van der Waals surface area contributed by atoms with Gasteiger partial charge in [0.25, 0.3) is 0 Å². The number of rotatable bonds is 4. The molecule has 0 aliphatic heterocycles. The zero-order chi connectivity index (χ0) is 13.8. The van der Waals surface area contributed by atoms with Gasteiger partial charge in [0.1, 0.15) is 5.75 Å². The topological polar surface area (TPSA) is 26.3 Å². The summed E-state index contributed by atoms with van der Waals surface area (Å²) in [6, 6.07) is 15.3. The predicted molar refractivity (Wildman–Crippen MR) is 76.8 cm³/mol. The summed E-state index contributed by atoms with van der Waals surface area (Å²) >= 11 is 0. The first-order valence-corrected chi connectivity index (χ1v) is 6.41. The molecule has 2 rings (SSSR count). The molecule has 0 amide bonds. The van der Waals surface area contributed by atoms with Crippen LogP contribution in [-0.2, 0) is 0 Å². The Balaban J connectivity index is 2.17. The first-order valence-electron chi connectivity index (χ1n) is 6.41. The molecule has 1 atom stereocenters. The average molecular weight is 254 g/mol. The van der Waals surface area contributed by atoms with E-state index in [1.54, 1.807) is 6.92 Å². The molecule has 2 heteroatoms. The Morgan fingerprint density at radius 3 is 2.42 bits per heavy atom. The second-order valence-corrected chi connectivity index (χ2v) is 4.76. The Labute approximate surface area is 114 Å². The van der Waals surface area contributed by atoms with Crippen molar-refractivity contribution in [2.24, 2.45) is 0 Å². The highest BCUT2D eigenvalue weighted by Gasteiger charge is 2.18. The van der Waals surface area contributed by atoms with Gasteiger partial charge in [0.05, 0.1) is 0 Å². The average Bonchev–Trinajstić information content (AvgIpc) is 2.42. The molecule has 2 aromatic carbocycles. The maximum Gasteiger partial charge on any atom is 0.203 e. The molecule has 0 aliphatic rings. The molecule has 0 aromatic heterocycles. The van der Waals surface area contributed by atoms with Crippen molar-refractivity contribution >= 4 is 5.78 Å². The van der Waals surface area contributed by atoms with Crippen molar-refractivity contribution in [1.29, 1.82) is 0 Å². The smallest absolute Gasteiger partial charge is 0.203 e. The predicted octanol–water partition coefficient (Wildman–Crippen LogP) is 3.95. The maximum atomic E-state index is 12.4. The number of benzene rings is 2. The summed E-state index contributed by atoms with van der Waals surface area (Å²) in [7, 11) is 0. The van der Waals surface area contributed by atoms with Crippen LogP contribution in [-0.4, -0.2) is 11.9 Å². The summed E-state index contributed by atoms with van der Waals surface area (Å²) < 4.78 is 5.68. The Kier molecular flexibility index (Phi) is 4.00. The van der Waals surface area contributed by atoms with Gasteiger partial charge in [-0.15, -0.1) is 0 Å². The van der Waals surface area contributed by atoms with Gasteiger partial charge < -0.3 is 4.74 Å². The molecule has 19 heavy (non-hydrogen) atoms. The molecule has 0 saturated heterocycles. The van der Waals surface area contributed by atoms with Gasteiger partial charge in [-0.1, -0.05) is 35.9 Å². The van der Waals surface area contributed by atoms with Gasteiger partial charge in [-0.3, -0.25) is 4.79 Å². The summed E-state index contributed by atoms with van der Waals surface area (Å²) in [6.07, 6.45) is -0.483. The second-order valence-electron chi connectivity index (χ2n) is 4.76. The zero-order valence-electron chi connectivity index (χ0n) is 11.5. The minimum Gasteiger partial charge on any atom is -0.483 e. The van der Waals surface area contributed by atoms with Crippen molar-refractivity contribution in [2.45, 2.75) is 26.9 Å². The molecule has 0 fully saturated rings. The molecule has 0 heterocycles. The number of para-hydroxylation sites is 1. The van der Waals surface area contributed by atoms with Crippen LogP contribution in [0.15, 0.2) is 48.5 Å². The lowest BCUT2D eigenvalue weighted by Crippen LogP contribution is -2.24. The van der Waals surface area contributed by atoms with Crippen molar-refractivity contribution in [3.8, 4) is 5.75 Å². The van der Waals surface area contributed by atoms with Gasteiger partial charge in [0.15, 0.2) is 6.10 Å². The van der Waals surface area contributed by atoms with E-state index in [1.165, 1.54) is 0 Å². The Morgan fingerprint density at radius 2 is 1.74 bits per heavy atom. The van der Waals surface area contributed by atoms with Gasteiger partial charge >= 0.3 is 0 Å². The molecular weight excluding hydrogens is 236 g/mol. The quantitative estimate of drug-likeness (QED) is 0.772. The number of ether oxygens (including phenoxy) is 1. The van der Waals surface area contributed by atoms with Crippen molar-refractivity contribution in [3.63, 3.8) is 0 Å². The van der Waals surface area contributed by atoms with Crippen LogP contribution in [0.25, 0.3) is 0 Å². The fraction of sp³-hybridized carbons (Fsp3) is 0.235. The number of hydrogen-bond donors (Lipinski definition) is 0. The first kappa shape index (κ1) is 13.3. The van der Waals surface area contributed by atoms with E-state index in [4.69, 9.17) is 4.74 Å². The van der Waals surface area contributed by atoms with Crippen LogP contribution in [0.1, 0.15) is 28.4 Å². The van der Waals surface area contributed by atoms with Gasteiger partial charge in [0, 0.05) is 5.56 Å². The van der Waals surface area contributed by atoms with Crippen molar-refractivity contribution in [2.75, 3.05) is 0 Å². The summed E-state index contributed by atoms with van der Waals surface area (Å²) in [5.41, 5.74) is 2.81. The van der Waals surface area contributed by atoms with E-state index in [0.717, 1.165) is 16.7 Å². The molecule has 0 radical (unpaired) electrons. The largest absolute Gasteiger partial charge is 0.483 e. The standard InChI is InChI=1S/C17H18O2/c1-12-9-10-13(2)16(11-12)17(18)14(3)19-15-7-5-4-6-8-15/h4-11,14H,1-3H3. The summed E-state index contributed by atoms with van der Waals surface area (Å²) in [5.74, 6) is 0.735. The van der Waals surface area contributed by atoms with Crippen LogP contribution in [0, 0.1) is 13.8 Å². The number of hydrogen-bond acceptors (Lipinski definition) is 2. The molecule has 0 aliphatic carbocycles. The van der Waals surface area contributed by atoms with E-state index < -0.39 is 6.10 Å². The lowest BCUT2D eigenvalue weighted by Gasteiger charge is -2.15. The molecule has 2 nitrogen and oxygen atoms in total. The first-order chi connectivity index (χ1) is 9.08. The minimum atomic E-state index is -0.483. The van der Waals surface area contributed by atoms with E-state index >= 15 is 0 Å². The van der Waals surface area contributed by atoms with Crippen LogP contribution in [0.4, 0.5) is 0 Å². The highest BCUT2D eigenvalue weighted by molar-refractivity contribution is 6.00. The Morgan fingerprint density at radius 1 is 1.05 bits per heavy atom.